The standard InChI is InChI=1S/C37H24ClNS2/c1-22-20-29(24-12-6-3-7-13-24)35-30(21-22)28-18-19-31(38)33(37(28)41-35)39-32-17-9-16-27-26-15-8-14-25(34(26)40-36(27)32)23-10-4-2-5-11-23/h2-21,39H,1H3. The van der Waals surface area contributed by atoms with Crippen LogP contribution >= 0.6 is 34.3 Å². The van der Waals surface area contributed by atoms with Gasteiger partial charge in [0.05, 0.1) is 25.8 Å². The minimum Gasteiger partial charge on any atom is -0.352 e. The van der Waals surface area contributed by atoms with Crippen molar-refractivity contribution in [2.45, 2.75) is 6.92 Å². The number of nitrogens with one attached hydrogen (secondary N) is 1. The van der Waals surface area contributed by atoms with Gasteiger partial charge < -0.3 is 5.32 Å². The Bertz CT molecular complexity index is 2250. The average molecular weight is 582 g/mol. The number of aryl methyl sites for hydroxylation is 1. The van der Waals surface area contributed by atoms with Gasteiger partial charge in [-0.3, -0.25) is 0 Å². The molecule has 0 aliphatic carbocycles. The number of hydrogen-bond acceptors (Lipinski definition) is 3. The molecule has 1 nitrogen and oxygen atoms in total. The van der Waals surface area contributed by atoms with Crippen molar-refractivity contribution >= 4 is 86.0 Å². The Kier molecular flexibility index (Phi) is 5.85. The second kappa shape index (κ2) is 9.74. The molecule has 0 atom stereocenters. The van der Waals surface area contributed by atoms with Crippen LogP contribution in [0.1, 0.15) is 5.56 Å². The molecule has 0 aliphatic heterocycles. The van der Waals surface area contributed by atoms with E-state index in [1.54, 1.807) is 0 Å². The molecule has 196 valence electrons. The van der Waals surface area contributed by atoms with Crippen molar-refractivity contribution in [2.75, 3.05) is 5.32 Å². The Labute approximate surface area is 251 Å². The van der Waals surface area contributed by atoms with E-state index >= 15 is 0 Å². The van der Waals surface area contributed by atoms with Crippen molar-refractivity contribution < 1.29 is 0 Å². The van der Waals surface area contributed by atoms with Gasteiger partial charge in [0.2, 0.25) is 0 Å². The van der Waals surface area contributed by atoms with Crippen LogP contribution in [0, 0.1) is 6.92 Å². The summed E-state index contributed by atoms with van der Waals surface area (Å²) in [5.41, 5.74) is 8.31. The summed E-state index contributed by atoms with van der Waals surface area (Å²) in [4.78, 5) is 0. The van der Waals surface area contributed by atoms with E-state index in [9.17, 15) is 0 Å². The van der Waals surface area contributed by atoms with Crippen LogP contribution in [0.5, 0.6) is 0 Å². The van der Waals surface area contributed by atoms with Gasteiger partial charge in [-0.25, -0.2) is 0 Å². The predicted octanol–water partition coefficient (Wildman–Crippen LogP) is 12.5. The number of halogens is 1. The Morgan fingerprint density at radius 3 is 1.88 bits per heavy atom. The zero-order chi connectivity index (χ0) is 27.5. The van der Waals surface area contributed by atoms with Gasteiger partial charge in [0, 0.05) is 30.9 Å². The first-order valence-electron chi connectivity index (χ1n) is 13.6. The largest absolute Gasteiger partial charge is 0.352 e. The highest BCUT2D eigenvalue weighted by atomic mass is 35.5. The van der Waals surface area contributed by atoms with Gasteiger partial charge >= 0.3 is 0 Å². The van der Waals surface area contributed by atoms with Gasteiger partial charge in [0.15, 0.2) is 0 Å². The number of anilines is 2. The zero-order valence-electron chi connectivity index (χ0n) is 22.2. The molecule has 0 spiro atoms. The molecule has 4 heteroatoms. The number of benzene rings is 6. The minimum absolute atomic E-state index is 0.727. The summed E-state index contributed by atoms with van der Waals surface area (Å²) in [5.74, 6) is 0. The number of fused-ring (bicyclic) bond motifs is 6. The number of hydrogen-bond donors (Lipinski definition) is 1. The first kappa shape index (κ1) is 24.6. The molecule has 41 heavy (non-hydrogen) atoms. The summed E-state index contributed by atoms with van der Waals surface area (Å²) in [6.45, 7) is 2.18. The van der Waals surface area contributed by atoms with Crippen LogP contribution in [0.2, 0.25) is 5.02 Å². The van der Waals surface area contributed by atoms with Crippen molar-refractivity contribution in [1.29, 1.82) is 0 Å². The summed E-state index contributed by atoms with van der Waals surface area (Å²) < 4.78 is 5.01. The smallest absolute Gasteiger partial charge is 0.0755 e. The molecule has 0 aliphatic rings. The molecule has 0 amide bonds. The van der Waals surface area contributed by atoms with Gasteiger partial charge in [-0.2, -0.15) is 0 Å². The van der Waals surface area contributed by atoms with Crippen LogP contribution in [0.3, 0.4) is 0 Å². The molecule has 0 radical (unpaired) electrons. The topological polar surface area (TPSA) is 12.0 Å². The average Bonchev–Trinajstić information content (AvgIpc) is 3.58. The maximum Gasteiger partial charge on any atom is 0.0755 e. The van der Waals surface area contributed by atoms with E-state index in [2.05, 4.69) is 128 Å². The van der Waals surface area contributed by atoms with Crippen LogP contribution in [-0.2, 0) is 0 Å². The highest BCUT2D eigenvalue weighted by molar-refractivity contribution is 7.27. The molecule has 6 aromatic carbocycles. The van der Waals surface area contributed by atoms with Crippen LogP contribution < -0.4 is 5.32 Å². The molecule has 8 rings (SSSR count). The van der Waals surface area contributed by atoms with E-state index in [0.29, 0.717) is 0 Å². The van der Waals surface area contributed by atoms with Crippen LogP contribution in [-0.4, -0.2) is 0 Å². The van der Waals surface area contributed by atoms with Gasteiger partial charge in [-0.15, -0.1) is 22.7 Å². The normalized spacial score (nSPS) is 11.7. The lowest BCUT2D eigenvalue weighted by molar-refractivity contribution is 1.51. The lowest BCUT2D eigenvalue weighted by Gasteiger charge is -2.11. The lowest BCUT2D eigenvalue weighted by atomic mass is 10.00. The van der Waals surface area contributed by atoms with Crippen molar-refractivity contribution in [3.05, 3.63) is 132 Å². The maximum absolute atomic E-state index is 6.95. The second-order valence-corrected chi connectivity index (χ2v) is 12.9. The van der Waals surface area contributed by atoms with E-state index in [4.69, 9.17) is 11.6 Å². The van der Waals surface area contributed by atoms with E-state index in [-0.39, 0.29) is 0 Å². The molecule has 8 aromatic rings. The monoisotopic (exact) mass is 581 g/mol. The molecule has 0 saturated heterocycles. The molecule has 2 heterocycles. The first-order valence-corrected chi connectivity index (χ1v) is 15.6. The predicted molar refractivity (Wildman–Crippen MR) is 183 cm³/mol. The van der Waals surface area contributed by atoms with E-state index in [1.165, 1.54) is 68.2 Å². The molecule has 0 saturated carbocycles. The number of thiophene rings is 2. The van der Waals surface area contributed by atoms with Crippen molar-refractivity contribution in [1.82, 2.24) is 0 Å². The highest BCUT2D eigenvalue weighted by Crippen LogP contribution is 2.48. The van der Waals surface area contributed by atoms with E-state index in [0.717, 1.165) is 16.4 Å². The minimum atomic E-state index is 0.727. The first-order chi connectivity index (χ1) is 20.2. The van der Waals surface area contributed by atoms with E-state index in [1.807, 2.05) is 28.7 Å². The Hall–Kier alpha value is -4.15. The Morgan fingerprint density at radius 2 is 1.12 bits per heavy atom. The van der Waals surface area contributed by atoms with Crippen molar-refractivity contribution in [2.24, 2.45) is 0 Å². The molecule has 0 fully saturated rings. The molecule has 2 aromatic heterocycles. The van der Waals surface area contributed by atoms with Crippen LogP contribution in [0.15, 0.2) is 121 Å². The molecular weight excluding hydrogens is 558 g/mol. The van der Waals surface area contributed by atoms with Gasteiger partial charge in [-0.05, 0) is 59.0 Å². The Morgan fingerprint density at radius 1 is 0.512 bits per heavy atom. The number of rotatable bonds is 4. The zero-order valence-corrected chi connectivity index (χ0v) is 24.6. The Balaban J connectivity index is 1.33. The molecule has 1 N–H and O–H groups in total. The fraction of sp³-hybridized carbons (Fsp3) is 0.0270. The summed E-state index contributed by atoms with van der Waals surface area (Å²) in [6, 6.07) is 43.3. The van der Waals surface area contributed by atoms with Gasteiger partial charge in [0.25, 0.3) is 0 Å². The van der Waals surface area contributed by atoms with Gasteiger partial charge in [-0.1, -0.05) is 109 Å². The van der Waals surface area contributed by atoms with Crippen molar-refractivity contribution in [3.63, 3.8) is 0 Å². The summed E-state index contributed by atoms with van der Waals surface area (Å²) >= 11 is 10.6. The van der Waals surface area contributed by atoms with Crippen LogP contribution in [0.4, 0.5) is 11.4 Å². The quantitative estimate of drug-likeness (QED) is 0.218. The molecular formula is C37H24ClNS2. The van der Waals surface area contributed by atoms with E-state index < -0.39 is 0 Å². The maximum atomic E-state index is 6.95. The van der Waals surface area contributed by atoms with Gasteiger partial charge in [0.1, 0.15) is 0 Å². The lowest BCUT2D eigenvalue weighted by Crippen LogP contribution is -1.91. The summed E-state index contributed by atoms with van der Waals surface area (Å²) in [5, 5.41) is 9.57. The molecule has 0 unspecified atom stereocenters. The van der Waals surface area contributed by atoms with Crippen LogP contribution in [0.25, 0.3) is 62.6 Å². The fourth-order valence-electron chi connectivity index (χ4n) is 5.91. The third kappa shape index (κ3) is 4.04. The van der Waals surface area contributed by atoms with Crippen molar-refractivity contribution in [3.8, 4) is 22.3 Å². The SMILES string of the molecule is Cc1cc(-c2ccccc2)c2sc3c(Nc4cccc5c4sc4c(-c6ccccc6)cccc45)c(Cl)ccc3c2c1. The summed E-state index contributed by atoms with van der Waals surface area (Å²) in [6.07, 6.45) is 0. The summed E-state index contributed by atoms with van der Waals surface area (Å²) in [7, 11) is 0. The fourth-order valence-corrected chi connectivity index (χ4v) is 8.80. The third-order valence-electron chi connectivity index (χ3n) is 7.79. The third-order valence-corrected chi connectivity index (χ3v) is 10.7. The second-order valence-electron chi connectivity index (χ2n) is 10.4. The highest BCUT2D eigenvalue weighted by Gasteiger charge is 2.18. The molecule has 0 bridgehead atoms.